The number of nitrogens with zero attached hydrogens (tertiary/aromatic N) is 4. The van der Waals surface area contributed by atoms with Gasteiger partial charge >= 0.3 is 0 Å². The summed E-state index contributed by atoms with van der Waals surface area (Å²) in [5.74, 6) is 0.107. The fourth-order valence-electron chi connectivity index (χ4n) is 4.40. The molecule has 1 aromatic carbocycles. The first-order valence-corrected chi connectivity index (χ1v) is 11.0. The molecule has 4 rings (SSSR count). The molecule has 32 heavy (non-hydrogen) atoms. The predicted molar refractivity (Wildman–Crippen MR) is 115 cm³/mol. The van der Waals surface area contributed by atoms with E-state index in [1.807, 2.05) is 4.90 Å². The number of halogens is 1. The molecule has 0 spiro atoms. The first kappa shape index (κ1) is 22.3. The van der Waals surface area contributed by atoms with Crippen LogP contribution in [-0.2, 0) is 16.6 Å². The van der Waals surface area contributed by atoms with Crippen molar-refractivity contribution in [2.24, 2.45) is 12.5 Å². The van der Waals surface area contributed by atoms with Crippen LogP contribution >= 0.6 is 0 Å². The van der Waals surface area contributed by atoms with Crippen molar-refractivity contribution in [3.63, 3.8) is 0 Å². The lowest BCUT2D eigenvalue weighted by Gasteiger charge is -2.43. The molecule has 0 unspecified atom stereocenters. The number of likely N-dealkylation sites (tertiary alicyclic amines) is 1. The van der Waals surface area contributed by atoms with E-state index in [0.717, 1.165) is 12.8 Å². The van der Waals surface area contributed by atoms with Crippen LogP contribution in [0.1, 0.15) is 29.8 Å². The molecule has 2 aliphatic rings. The number of rotatable bonds is 6. The highest BCUT2D eigenvalue weighted by atomic mass is 19.1. The summed E-state index contributed by atoms with van der Waals surface area (Å²) in [4.78, 5) is 29.8. The van der Waals surface area contributed by atoms with Crippen LogP contribution in [0.5, 0.6) is 5.75 Å². The fraction of sp³-hybridized carbons (Fsp3) is 0.522. The minimum absolute atomic E-state index is 0.0446. The lowest BCUT2D eigenvalue weighted by molar-refractivity contribution is -0.139. The lowest BCUT2D eigenvalue weighted by Crippen LogP contribution is -2.52. The Bertz CT molecular complexity index is 942. The Morgan fingerprint density at radius 2 is 1.88 bits per heavy atom. The third-order valence-electron chi connectivity index (χ3n) is 6.13. The first-order valence-electron chi connectivity index (χ1n) is 11.0. The Labute approximate surface area is 186 Å². The molecule has 9 heteroatoms. The zero-order valence-electron chi connectivity index (χ0n) is 18.3. The minimum Gasteiger partial charge on any atom is -0.493 e. The normalized spacial score (nSPS) is 21.4. The van der Waals surface area contributed by atoms with Crippen LogP contribution in [0.2, 0.25) is 0 Å². The van der Waals surface area contributed by atoms with Crippen molar-refractivity contribution in [1.29, 1.82) is 0 Å². The molecular formula is C23H29FN4O4. The smallest absolute Gasteiger partial charge is 0.274 e. The van der Waals surface area contributed by atoms with Crippen LogP contribution in [0.15, 0.2) is 36.5 Å². The molecule has 2 amide bonds. The summed E-state index contributed by atoms with van der Waals surface area (Å²) in [5.41, 5.74) is -0.144. The van der Waals surface area contributed by atoms with Crippen LogP contribution in [0, 0.1) is 11.2 Å². The molecule has 2 fully saturated rings. The first-order chi connectivity index (χ1) is 15.4. The molecule has 2 aliphatic heterocycles. The maximum atomic E-state index is 13.3. The van der Waals surface area contributed by atoms with E-state index >= 15 is 0 Å². The summed E-state index contributed by atoms with van der Waals surface area (Å²) in [5, 5.41) is 4.24. The van der Waals surface area contributed by atoms with Gasteiger partial charge in [0.2, 0.25) is 5.91 Å². The highest BCUT2D eigenvalue weighted by Crippen LogP contribution is 2.36. The van der Waals surface area contributed by atoms with Crippen molar-refractivity contribution in [2.45, 2.75) is 19.3 Å². The fourth-order valence-corrected chi connectivity index (χ4v) is 4.40. The minimum atomic E-state index is -0.535. The number of amides is 2. The van der Waals surface area contributed by atoms with E-state index in [0.29, 0.717) is 50.8 Å². The van der Waals surface area contributed by atoms with E-state index in [4.69, 9.17) is 9.47 Å². The Morgan fingerprint density at radius 1 is 1.12 bits per heavy atom. The van der Waals surface area contributed by atoms with Gasteiger partial charge in [0.25, 0.3) is 5.91 Å². The number of benzene rings is 1. The monoisotopic (exact) mass is 444 g/mol. The van der Waals surface area contributed by atoms with E-state index in [-0.39, 0.29) is 30.7 Å². The lowest BCUT2D eigenvalue weighted by atomic mass is 9.77. The van der Waals surface area contributed by atoms with E-state index in [1.165, 1.54) is 12.1 Å². The topological polar surface area (TPSA) is 76.9 Å². The zero-order chi connectivity index (χ0) is 22.6. The van der Waals surface area contributed by atoms with Gasteiger partial charge in [-0.1, -0.05) is 0 Å². The van der Waals surface area contributed by atoms with Gasteiger partial charge in [-0.3, -0.25) is 14.3 Å². The maximum absolute atomic E-state index is 13.3. The number of hydrogen-bond donors (Lipinski definition) is 0. The van der Waals surface area contributed by atoms with Crippen molar-refractivity contribution in [3.05, 3.63) is 48.0 Å². The second kappa shape index (κ2) is 9.68. The number of hydrogen-bond acceptors (Lipinski definition) is 5. The number of piperidine rings is 1. The number of ether oxygens (including phenoxy) is 2. The number of carbonyl (C=O) groups is 2. The van der Waals surface area contributed by atoms with Crippen molar-refractivity contribution in [1.82, 2.24) is 19.6 Å². The zero-order valence-corrected chi connectivity index (χ0v) is 18.3. The number of morpholine rings is 1. The molecule has 2 aromatic rings. The average Bonchev–Trinajstić information content (AvgIpc) is 3.25. The molecule has 0 saturated carbocycles. The van der Waals surface area contributed by atoms with E-state index in [9.17, 15) is 14.0 Å². The largest absolute Gasteiger partial charge is 0.493 e. The third-order valence-corrected chi connectivity index (χ3v) is 6.13. The number of aryl methyl sites for hydroxylation is 1. The summed E-state index contributed by atoms with van der Waals surface area (Å²) < 4.78 is 26.2. The van der Waals surface area contributed by atoms with Crippen molar-refractivity contribution < 1.29 is 23.5 Å². The average molecular weight is 445 g/mol. The summed E-state index contributed by atoms with van der Waals surface area (Å²) >= 11 is 0. The summed E-state index contributed by atoms with van der Waals surface area (Å²) in [6.07, 6.45) is 3.54. The maximum Gasteiger partial charge on any atom is 0.274 e. The Kier molecular flexibility index (Phi) is 6.74. The molecule has 3 heterocycles. The van der Waals surface area contributed by atoms with Gasteiger partial charge in [0, 0.05) is 51.3 Å². The molecule has 2 saturated heterocycles. The highest BCUT2D eigenvalue weighted by Gasteiger charge is 2.41. The molecule has 0 radical (unpaired) electrons. The highest BCUT2D eigenvalue weighted by molar-refractivity contribution is 5.92. The van der Waals surface area contributed by atoms with Gasteiger partial charge in [-0.15, -0.1) is 0 Å². The molecule has 0 bridgehead atoms. The van der Waals surface area contributed by atoms with Gasteiger partial charge in [0.15, 0.2) is 0 Å². The molecule has 0 aliphatic carbocycles. The third kappa shape index (κ3) is 5.27. The number of aromatic nitrogens is 2. The Morgan fingerprint density at radius 3 is 2.56 bits per heavy atom. The van der Waals surface area contributed by atoms with Gasteiger partial charge < -0.3 is 19.3 Å². The van der Waals surface area contributed by atoms with Gasteiger partial charge in [-0.2, -0.15) is 5.10 Å². The summed E-state index contributed by atoms with van der Waals surface area (Å²) in [6.45, 7) is 3.50. The number of carbonyl (C=O) groups excluding carboxylic acids is 2. The standard InChI is InChI=1S/C23H29FN4O4/c1-26-10-7-20(25-26)22(30)28-9-2-8-23(16-28,15-21(29)27-11-13-31-14-12-27)17-32-19-5-3-18(24)4-6-19/h3-7,10H,2,8-9,11-17H2,1H3/t23-/m0/s1. The molecule has 8 nitrogen and oxygen atoms in total. The molecular weight excluding hydrogens is 415 g/mol. The summed E-state index contributed by atoms with van der Waals surface area (Å²) in [7, 11) is 1.77. The van der Waals surface area contributed by atoms with E-state index < -0.39 is 5.41 Å². The van der Waals surface area contributed by atoms with Crippen LogP contribution in [-0.4, -0.2) is 77.4 Å². The van der Waals surface area contributed by atoms with Crippen molar-refractivity contribution in [3.8, 4) is 5.75 Å². The molecule has 0 N–H and O–H groups in total. The van der Waals surface area contributed by atoms with Gasteiger partial charge in [0.05, 0.1) is 19.8 Å². The summed E-state index contributed by atoms with van der Waals surface area (Å²) in [6, 6.07) is 7.54. The van der Waals surface area contributed by atoms with Crippen LogP contribution in [0.3, 0.4) is 0 Å². The molecule has 172 valence electrons. The van der Waals surface area contributed by atoms with E-state index in [2.05, 4.69) is 5.10 Å². The Hall–Kier alpha value is -2.94. The second-order valence-corrected chi connectivity index (χ2v) is 8.62. The van der Waals surface area contributed by atoms with E-state index in [1.54, 1.807) is 41.0 Å². The van der Waals surface area contributed by atoms with Crippen molar-refractivity contribution in [2.75, 3.05) is 46.0 Å². The predicted octanol–water partition coefficient (Wildman–Crippen LogP) is 2.11. The van der Waals surface area contributed by atoms with Gasteiger partial charge in [0.1, 0.15) is 17.3 Å². The Balaban J connectivity index is 1.51. The van der Waals surface area contributed by atoms with Gasteiger partial charge in [-0.25, -0.2) is 4.39 Å². The second-order valence-electron chi connectivity index (χ2n) is 8.62. The van der Waals surface area contributed by atoms with Crippen LogP contribution < -0.4 is 4.74 Å². The SMILES string of the molecule is Cn1ccc(C(=O)N2CCC[C@](COc3ccc(F)cc3)(CC(=O)N3CCOCC3)C2)n1. The van der Waals surface area contributed by atoms with Crippen molar-refractivity contribution >= 4 is 11.8 Å². The van der Waals surface area contributed by atoms with Crippen LogP contribution in [0.25, 0.3) is 0 Å². The molecule has 1 aromatic heterocycles. The van der Waals surface area contributed by atoms with Crippen LogP contribution in [0.4, 0.5) is 4.39 Å². The molecule has 1 atom stereocenters. The van der Waals surface area contributed by atoms with Gasteiger partial charge in [-0.05, 0) is 43.2 Å². The quantitative estimate of drug-likeness (QED) is 0.682.